The Hall–Kier alpha value is -3.60. The molecule has 0 aliphatic carbocycles. The number of methoxy groups -OCH3 is 1. The lowest BCUT2D eigenvalue weighted by atomic mass is 9.95. The number of carbonyl (C=O) groups excluding carboxylic acids is 2. The molecule has 194 valence electrons. The molecule has 1 aromatic heterocycles. The number of anilines is 1. The van der Waals surface area contributed by atoms with Crippen LogP contribution in [-0.2, 0) is 9.59 Å². The van der Waals surface area contributed by atoms with Crippen molar-refractivity contribution in [1.82, 2.24) is 4.98 Å². The van der Waals surface area contributed by atoms with E-state index in [1.165, 1.54) is 29.4 Å². The number of phenols is 1. The number of benzene rings is 3. The highest BCUT2D eigenvalue weighted by Crippen LogP contribution is 2.47. The maximum Gasteiger partial charge on any atom is 0.301 e. The van der Waals surface area contributed by atoms with Crippen LogP contribution in [0.1, 0.15) is 24.1 Å². The van der Waals surface area contributed by atoms with Gasteiger partial charge in [0.2, 0.25) is 0 Å². The molecule has 4 aromatic rings. The van der Waals surface area contributed by atoms with Crippen LogP contribution in [0.5, 0.6) is 17.2 Å². The number of aromatic nitrogens is 1. The molecule has 1 unspecified atom stereocenters. The van der Waals surface area contributed by atoms with Crippen molar-refractivity contribution in [2.45, 2.75) is 13.0 Å². The molecule has 1 atom stereocenters. The van der Waals surface area contributed by atoms with Crippen LogP contribution in [0.25, 0.3) is 16.0 Å². The lowest BCUT2D eigenvalue weighted by molar-refractivity contribution is -0.132. The maximum absolute atomic E-state index is 13.5. The minimum atomic E-state index is -1.07. The fraction of sp³-hybridized carbons (Fsp3) is 0.148. The first-order valence-corrected chi connectivity index (χ1v) is 13.4. The number of carbonyl (C=O) groups is 2. The number of halogens is 2. The molecular weight excluding hydrogens is 596 g/mol. The van der Waals surface area contributed by atoms with E-state index in [2.05, 4.69) is 20.9 Å². The lowest BCUT2D eigenvalue weighted by Crippen LogP contribution is -2.29. The number of ether oxygens (including phenoxy) is 2. The SMILES string of the molecule is CCOc1ccc2nc(N3C(=O)C(=O)C(=C(O)c4ccc(Cl)cc4)C3c3cc(Br)c(O)c(OC)c3)sc2c1. The highest BCUT2D eigenvalue weighted by Gasteiger charge is 2.48. The van der Waals surface area contributed by atoms with Gasteiger partial charge in [0, 0.05) is 10.6 Å². The molecule has 2 heterocycles. The number of thiazole rings is 1. The quantitative estimate of drug-likeness (QED) is 0.146. The predicted octanol–water partition coefficient (Wildman–Crippen LogP) is 6.45. The van der Waals surface area contributed by atoms with Crippen molar-refractivity contribution in [2.75, 3.05) is 18.6 Å². The van der Waals surface area contributed by atoms with Gasteiger partial charge in [-0.3, -0.25) is 14.5 Å². The van der Waals surface area contributed by atoms with E-state index >= 15 is 0 Å². The second-order valence-electron chi connectivity index (χ2n) is 8.29. The molecule has 1 aliphatic heterocycles. The van der Waals surface area contributed by atoms with Crippen molar-refractivity contribution in [3.8, 4) is 17.2 Å². The van der Waals surface area contributed by atoms with E-state index in [-0.39, 0.29) is 32.4 Å². The van der Waals surface area contributed by atoms with E-state index in [1.807, 2.05) is 13.0 Å². The molecule has 0 spiro atoms. The van der Waals surface area contributed by atoms with Gasteiger partial charge in [0.05, 0.1) is 40.0 Å². The zero-order chi connectivity index (χ0) is 27.1. The van der Waals surface area contributed by atoms with Gasteiger partial charge in [0.15, 0.2) is 16.6 Å². The van der Waals surface area contributed by atoms with E-state index < -0.39 is 17.7 Å². The second kappa shape index (κ2) is 10.3. The van der Waals surface area contributed by atoms with E-state index in [9.17, 15) is 19.8 Å². The van der Waals surface area contributed by atoms with Gasteiger partial charge in [-0.1, -0.05) is 22.9 Å². The van der Waals surface area contributed by atoms with Gasteiger partial charge >= 0.3 is 5.91 Å². The normalized spacial score (nSPS) is 16.8. The van der Waals surface area contributed by atoms with Crippen LogP contribution < -0.4 is 14.4 Å². The van der Waals surface area contributed by atoms with Crippen LogP contribution in [0.3, 0.4) is 0 Å². The topological polar surface area (TPSA) is 109 Å². The van der Waals surface area contributed by atoms with Crippen LogP contribution >= 0.6 is 38.9 Å². The molecule has 1 amide bonds. The fourth-order valence-corrected chi connectivity index (χ4v) is 5.87. The fourth-order valence-electron chi connectivity index (χ4n) is 4.27. The molecule has 11 heteroatoms. The van der Waals surface area contributed by atoms with Gasteiger partial charge < -0.3 is 19.7 Å². The van der Waals surface area contributed by atoms with Crippen LogP contribution in [0.2, 0.25) is 5.02 Å². The number of nitrogens with zero attached hydrogens (tertiary/aromatic N) is 2. The number of aromatic hydroxyl groups is 1. The van der Waals surface area contributed by atoms with E-state index in [0.29, 0.717) is 34.0 Å². The van der Waals surface area contributed by atoms with Crippen molar-refractivity contribution >= 4 is 71.7 Å². The summed E-state index contributed by atoms with van der Waals surface area (Å²) in [6.45, 7) is 2.38. The Morgan fingerprint density at radius 2 is 1.89 bits per heavy atom. The van der Waals surface area contributed by atoms with Gasteiger partial charge in [0.1, 0.15) is 11.5 Å². The molecule has 1 saturated heterocycles. The number of rotatable bonds is 6. The summed E-state index contributed by atoms with van der Waals surface area (Å²) in [5, 5.41) is 22.4. The second-order valence-corrected chi connectivity index (χ2v) is 10.6. The molecule has 1 fully saturated rings. The molecular formula is C27H20BrClN2O6S. The Morgan fingerprint density at radius 1 is 1.16 bits per heavy atom. The minimum Gasteiger partial charge on any atom is -0.507 e. The molecule has 2 N–H and O–H groups in total. The van der Waals surface area contributed by atoms with Crippen molar-refractivity contribution in [2.24, 2.45) is 0 Å². The first kappa shape index (κ1) is 26.0. The van der Waals surface area contributed by atoms with Crippen LogP contribution in [0.15, 0.2) is 64.6 Å². The molecule has 0 saturated carbocycles. The number of hydrogen-bond donors (Lipinski definition) is 2. The Labute approximate surface area is 234 Å². The van der Waals surface area contributed by atoms with Gasteiger partial charge in [-0.05, 0) is 83.0 Å². The number of ketones is 1. The molecule has 1 aliphatic rings. The summed E-state index contributed by atoms with van der Waals surface area (Å²) < 4.78 is 11.9. The van der Waals surface area contributed by atoms with Crippen LogP contribution in [0.4, 0.5) is 5.13 Å². The first-order chi connectivity index (χ1) is 18.2. The Bertz CT molecular complexity index is 1620. The van der Waals surface area contributed by atoms with Crippen LogP contribution in [0, 0.1) is 0 Å². The largest absolute Gasteiger partial charge is 0.507 e. The molecule has 5 rings (SSSR count). The number of hydrogen-bond acceptors (Lipinski definition) is 8. The summed E-state index contributed by atoms with van der Waals surface area (Å²) in [6, 6.07) is 13.7. The maximum atomic E-state index is 13.5. The molecule has 8 nitrogen and oxygen atoms in total. The highest BCUT2D eigenvalue weighted by molar-refractivity contribution is 9.10. The van der Waals surface area contributed by atoms with Crippen molar-refractivity contribution in [3.63, 3.8) is 0 Å². The number of Topliss-reactive ketones (excluding diaryl/α,β-unsaturated/α-hetero) is 1. The molecule has 38 heavy (non-hydrogen) atoms. The third-order valence-corrected chi connectivity index (χ3v) is 7.89. The number of aliphatic hydroxyl groups is 1. The van der Waals surface area contributed by atoms with Crippen molar-refractivity contribution in [1.29, 1.82) is 0 Å². The summed E-state index contributed by atoms with van der Waals surface area (Å²) >= 11 is 10.5. The highest BCUT2D eigenvalue weighted by atomic mass is 79.9. The van der Waals surface area contributed by atoms with Gasteiger partial charge in [0.25, 0.3) is 5.78 Å². The average molecular weight is 616 g/mol. The third-order valence-electron chi connectivity index (χ3n) is 6.01. The van der Waals surface area contributed by atoms with E-state index in [0.717, 1.165) is 4.70 Å². The Morgan fingerprint density at radius 3 is 2.58 bits per heavy atom. The standard InChI is InChI=1S/C27H20BrClN2O6S/c1-3-37-16-8-9-18-20(12-16)38-27(30-18)31-22(14-10-17(28)24(33)19(11-14)36-2)21(25(34)26(31)35)23(32)13-4-6-15(29)7-5-13/h4-12,22,32-33H,3H2,1-2H3. The Balaban J connectivity index is 1.74. The van der Waals surface area contributed by atoms with Crippen molar-refractivity contribution in [3.05, 3.63) is 80.8 Å². The summed E-state index contributed by atoms with van der Waals surface area (Å²) in [5.41, 5.74) is 1.21. The predicted molar refractivity (Wildman–Crippen MR) is 149 cm³/mol. The first-order valence-electron chi connectivity index (χ1n) is 11.4. The Kier molecular flexibility index (Phi) is 7.04. The smallest absolute Gasteiger partial charge is 0.301 e. The zero-order valence-corrected chi connectivity index (χ0v) is 23.2. The van der Waals surface area contributed by atoms with Crippen LogP contribution in [-0.4, -0.2) is 40.6 Å². The van der Waals surface area contributed by atoms with Crippen molar-refractivity contribution < 1.29 is 29.3 Å². The number of amides is 1. The minimum absolute atomic E-state index is 0.122. The van der Waals surface area contributed by atoms with Gasteiger partial charge in [-0.25, -0.2) is 4.98 Å². The summed E-state index contributed by atoms with van der Waals surface area (Å²) in [7, 11) is 1.39. The number of aliphatic hydroxyl groups excluding tert-OH is 1. The van der Waals surface area contributed by atoms with Gasteiger partial charge in [-0.15, -0.1) is 0 Å². The average Bonchev–Trinajstić information content (AvgIpc) is 3.43. The van der Waals surface area contributed by atoms with E-state index in [1.54, 1.807) is 42.5 Å². The lowest BCUT2D eigenvalue weighted by Gasteiger charge is -2.24. The third kappa shape index (κ3) is 4.48. The summed E-state index contributed by atoms with van der Waals surface area (Å²) in [4.78, 5) is 32.8. The van der Waals surface area contributed by atoms with Gasteiger partial charge in [-0.2, -0.15) is 0 Å². The molecule has 3 aromatic carbocycles. The monoisotopic (exact) mass is 614 g/mol. The summed E-state index contributed by atoms with van der Waals surface area (Å²) in [5.74, 6) is -1.46. The molecule has 0 radical (unpaired) electrons. The number of fused-ring (bicyclic) bond motifs is 1. The zero-order valence-electron chi connectivity index (χ0n) is 20.1. The molecule has 0 bridgehead atoms. The summed E-state index contributed by atoms with van der Waals surface area (Å²) in [6.07, 6.45) is 0. The number of phenolic OH excluding ortho intramolecular Hbond substituents is 1. The van der Waals surface area contributed by atoms with E-state index in [4.69, 9.17) is 21.1 Å².